The van der Waals surface area contributed by atoms with Crippen LogP contribution in [0, 0.1) is 13.8 Å². The standard InChI is InChI=1S/C21H24N2O4/c1-14-5-6-16(15(2)10-14)4-3-9-22-20(24)12-23-21(25)17-7-8-18-19(11-17)27-13-26-18/h5-8,10-11H,3-4,9,12-13H2,1-2H3,(H,22,24)(H,23,25). The van der Waals surface area contributed by atoms with E-state index >= 15 is 0 Å². The lowest BCUT2D eigenvalue weighted by molar-refractivity contribution is -0.120. The van der Waals surface area contributed by atoms with Gasteiger partial charge < -0.3 is 20.1 Å². The van der Waals surface area contributed by atoms with E-state index in [2.05, 4.69) is 42.7 Å². The summed E-state index contributed by atoms with van der Waals surface area (Å²) in [6.07, 6.45) is 1.77. The Morgan fingerprint density at radius 2 is 1.81 bits per heavy atom. The van der Waals surface area contributed by atoms with E-state index < -0.39 is 0 Å². The Hall–Kier alpha value is -3.02. The summed E-state index contributed by atoms with van der Waals surface area (Å²) in [5.74, 6) is 0.634. The predicted molar refractivity (Wildman–Crippen MR) is 102 cm³/mol. The Kier molecular flexibility index (Phi) is 5.96. The van der Waals surface area contributed by atoms with Crippen LogP contribution in [0.1, 0.15) is 33.5 Å². The minimum Gasteiger partial charge on any atom is -0.454 e. The summed E-state index contributed by atoms with van der Waals surface area (Å²) in [5.41, 5.74) is 4.26. The van der Waals surface area contributed by atoms with Crippen LogP contribution in [0.3, 0.4) is 0 Å². The summed E-state index contributed by atoms with van der Waals surface area (Å²) in [5, 5.41) is 5.45. The van der Waals surface area contributed by atoms with Gasteiger partial charge in [-0.3, -0.25) is 9.59 Å². The van der Waals surface area contributed by atoms with E-state index in [0.717, 1.165) is 12.8 Å². The lowest BCUT2D eigenvalue weighted by Crippen LogP contribution is -2.37. The lowest BCUT2D eigenvalue weighted by atomic mass is 10.0. The molecule has 0 spiro atoms. The third kappa shape index (κ3) is 5.00. The Labute approximate surface area is 158 Å². The van der Waals surface area contributed by atoms with Crippen LogP contribution in [0.4, 0.5) is 0 Å². The number of benzene rings is 2. The average Bonchev–Trinajstić information content (AvgIpc) is 3.12. The van der Waals surface area contributed by atoms with E-state index in [-0.39, 0.29) is 25.2 Å². The van der Waals surface area contributed by atoms with Gasteiger partial charge in [0.15, 0.2) is 11.5 Å². The number of aryl methyl sites for hydroxylation is 3. The second-order valence-electron chi connectivity index (χ2n) is 6.63. The molecule has 2 aromatic rings. The van der Waals surface area contributed by atoms with E-state index in [4.69, 9.17) is 9.47 Å². The molecule has 0 atom stereocenters. The first kappa shape index (κ1) is 18.8. The van der Waals surface area contributed by atoms with Crippen LogP contribution in [0.2, 0.25) is 0 Å². The summed E-state index contributed by atoms with van der Waals surface area (Å²) in [6, 6.07) is 11.3. The molecule has 27 heavy (non-hydrogen) atoms. The average molecular weight is 368 g/mol. The predicted octanol–water partition coefficient (Wildman–Crippen LogP) is 2.51. The second-order valence-corrected chi connectivity index (χ2v) is 6.63. The van der Waals surface area contributed by atoms with Gasteiger partial charge in [-0.25, -0.2) is 0 Å². The van der Waals surface area contributed by atoms with Crippen LogP contribution >= 0.6 is 0 Å². The number of carbonyl (C=O) groups excluding carboxylic acids is 2. The van der Waals surface area contributed by atoms with Gasteiger partial charge in [0, 0.05) is 12.1 Å². The maximum absolute atomic E-state index is 12.1. The molecule has 1 heterocycles. The zero-order valence-electron chi connectivity index (χ0n) is 15.6. The van der Waals surface area contributed by atoms with Crippen molar-refractivity contribution in [2.24, 2.45) is 0 Å². The molecular weight excluding hydrogens is 344 g/mol. The number of hydrogen-bond donors (Lipinski definition) is 2. The Bertz CT molecular complexity index is 848. The van der Waals surface area contributed by atoms with Gasteiger partial charge in [-0.05, 0) is 56.0 Å². The number of fused-ring (bicyclic) bond motifs is 1. The summed E-state index contributed by atoms with van der Waals surface area (Å²) in [4.78, 5) is 24.1. The van der Waals surface area contributed by atoms with Crippen molar-refractivity contribution < 1.29 is 19.1 Å². The Balaban J connectivity index is 1.37. The first-order valence-corrected chi connectivity index (χ1v) is 9.03. The van der Waals surface area contributed by atoms with Crippen LogP contribution in [0.25, 0.3) is 0 Å². The molecule has 1 aliphatic rings. The summed E-state index contributed by atoms with van der Waals surface area (Å²) >= 11 is 0. The number of hydrogen-bond acceptors (Lipinski definition) is 4. The highest BCUT2D eigenvalue weighted by atomic mass is 16.7. The molecule has 0 aliphatic carbocycles. The fourth-order valence-corrected chi connectivity index (χ4v) is 3.00. The molecule has 142 valence electrons. The molecule has 2 amide bonds. The molecule has 3 rings (SSSR count). The largest absolute Gasteiger partial charge is 0.454 e. The van der Waals surface area contributed by atoms with E-state index in [1.807, 2.05) is 0 Å². The second kappa shape index (κ2) is 8.58. The number of rotatable bonds is 7. The molecule has 0 bridgehead atoms. The zero-order valence-corrected chi connectivity index (χ0v) is 15.6. The highest BCUT2D eigenvalue weighted by Crippen LogP contribution is 2.32. The molecule has 0 fully saturated rings. The fourth-order valence-electron chi connectivity index (χ4n) is 3.00. The number of carbonyl (C=O) groups is 2. The normalized spacial score (nSPS) is 11.9. The van der Waals surface area contributed by atoms with Gasteiger partial charge in [-0.1, -0.05) is 23.8 Å². The van der Waals surface area contributed by atoms with Gasteiger partial charge in [-0.15, -0.1) is 0 Å². The molecule has 6 nitrogen and oxygen atoms in total. The highest BCUT2D eigenvalue weighted by molar-refractivity contribution is 5.97. The lowest BCUT2D eigenvalue weighted by Gasteiger charge is -2.09. The van der Waals surface area contributed by atoms with Gasteiger partial charge in [0.2, 0.25) is 12.7 Å². The summed E-state index contributed by atoms with van der Waals surface area (Å²) < 4.78 is 10.5. The van der Waals surface area contributed by atoms with Crippen molar-refractivity contribution >= 4 is 11.8 Å². The van der Waals surface area contributed by atoms with Gasteiger partial charge in [0.1, 0.15) is 0 Å². The summed E-state index contributed by atoms with van der Waals surface area (Å²) in [7, 11) is 0. The third-order valence-corrected chi connectivity index (χ3v) is 4.49. The van der Waals surface area contributed by atoms with E-state index in [1.165, 1.54) is 16.7 Å². The van der Waals surface area contributed by atoms with Crippen molar-refractivity contribution in [1.29, 1.82) is 0 Å². The van der Waals surface area contributed by atoms with Crippen LogP contribution < -0.4 is 20.1 Å². The number of amides is 2. The van der Waals surface area contributed by atoms with Crippen molar-refractivity contribution in [3.05, 3.63) is 58.7 Å². The molecule has 0 radical (unpaired) electrons. The van der Waals surface area contributed by atoms with Gasteiger partial charge in [-0.2, -0.15) is 0 Å². The van der Waals surface area contributed by atoms with Crippen LogP contribution in [-0.4, -0.2) is 31.7 Å². The molecule has 2 N–H and O–H groups in total. The maximum Gasteiger partial charge on any atom is 0.251 e. The molecule has 1 aliphatic heterocycles. The van der Waals surface area contributed by atoms with E-state index in [9.17, 15) is 9.59 Å². The number of ether oxygens (including phenoxy) is 2. The Morgan fingerprint density at radius 1 is 1.00 bits per heavy atom. The smallest absolute Gasteiger partial charge is 0.251 e. The minimum atomic E-state index is -0.321. The van der Waals surface area contributed by atoms with Crippen molar-refractivity contribution in [1.82, 2.24) is 10.6 Å². The van der Waals surface area contributed by atoms with Crippen molar-refractivity contribution in [3.63, 3.8) is 0 Å². The fraction of sp³-hybridized carbons (Fsp3) is 0.333. The monoisotopic (exact) mass is 368 g/mol. The maximum atomic E-state index is 12.1. The van der Waals surface area contributed by atoms with Crippen molar-refractivity contribution in [2.45, 2.75) is 26.7 Å². The van der Waals surface area contributed by atoms with Gasteiger partial charge in [0.25, 0.3) is 5.91 Å². The number of nitrogens with one attached hydrogen (secondary N) is 2. The first-order valence-electron chi connectivity index (χ1n) is 9.03. The zero-order chi connectivity index (χ0) is 19.2. The SMILES string of the molecule is Cc1ccc(CCCNC(=O)CNC(=O)c2ccc3c(c2)OCO3)c(C)c1. The first-order chi connectivity index (χ1) is 13.0. The molecule has 0 saturated carbocycles. The molecule has 2 aromatic carbocycles. The van der Waals surface area contributed by atoms with Gasteiger partial charge >= 0.3 is 0 Å². The molecular formula is C21H24N2O4. The van der Waals surface area contributed by atoms with Crippen molar-refractivity contribution in [2.75, 3.05) is 19.9 Å². The third-order valence-electron chi connectivity index (χ3n) is 4.49. The van der Waals surface area contributed by atoms with Crippen LogP contribution in [-0.2, 0) is 11.2 Å². The Morgan fingerprint density at radius 3 is 2.63 bits per heavy atom. The van der Waals surface area contributed by atoms with Crippen LogP contribution in [0.5, 0.6) is 11.5 Å². The summed E-state index contributed by atoms with van der Waals surface area (Å²) in [6.45, 7) is 4.86. The quantitative estimate of drug-likeness (QED) is 0.737. The van der Waals surface area contributed by atoms with E-state index in [0.29, 0.717) is 23.6 Å². The highest BCUT2D eigenvalue weighted by Gasteiger charge is 2.16. The van der Waals surface area contributed by atoms with Crippen molar-refractivity contribution in [3.8, 4) is 11.5 Å². The topological polar surface area (TPSA) is 76.7 Å². The molecule has 0 aromatic heterocycles. The molecule has 0 unspecified atom stereocenters. The molecule has 6 heteroatoms. The van der Waals surface area contributed by atoms with Gasteiger partial charge in [0.05, 0.1) is 6.54 Å². The molecule has 0 saturated heterocycles. The van der Waals surface area contributed by atoms with E-state index in [1.54, 1.807) is 18.2 Å². The minimum absolute atomic E-state index is 0.0587. The van der Waals surface area contributed by atoms with Crippen LogP contribution in [0.15, 0.2) is 36.4 Å².